The van der Waals surface area contributed by atoms with Crippen molar-refractivity contribution in [3.05, 3.63) is 27.7 Å². The molecule has 1 amide bonds. The number of allylic oxidation sites excluding steroid dienone is 1. The first-order valence-corrected chi connectivity index (χ1v) is 6.65. The van der Waals surface area contributed by atoms with Crippen molar-refractivity contribution in [3.8, 4) is 0 Å². The van der Waals surface area contributed by atoms with Crippen LogP contribution in [0.25, 0.3) is 0 Å². The summed E-state index contributed by atoms with van der Waals surface area (Å²) in [5.74, 6) is -4.34. The smallest absolute Gasteiger partial charge is 0.449 e. The third-order valence-corrected chi connectivity index (χ3v) is 3.14. The van der Waals surface area contributed by atoms with E-state index in [4.69, 9.17) is 10.8 Å². The molecule has 0 fully saturated rings. The molecule has 0 unspecified atom stereocenters. The van der Waals surface area contributed by atoms with Gasteiger partial charge in [0.2, 0.25) is 5.76 Å². The molecule has 0 atom stereocenters. The van der Waals surface area contributed by atoms with Crippen LogP contribution < -0.4 is 5.73 Å². The molecule has 0 saturated heterocycles. The van der Waals surface area contributed by atoms with Crippen LogP contribution in [0, 0.1) is 0 Å². The summed E-state index contributed by atoms with van der Waals surface area (Å²) >= 11 is 0.937. The summed E-state index contributed by atoms with van der Waals surface area (Å²) in [6.07, 6.45) is -4.66. The lowest BCUT2D eigenvalue weighted by atomic mass is 10.2. The predicted octanol–water partition coefficient (Wildman–Crippen LogP) is 2.49. The molecule has 0 saturated carbocycles. The van der Waals surface area contributed by atoms with Crippen LogP contribution in [0.2, 0.25) is 0 Å². The van der Waals surface area contributed by atoms with Gasteiger partial charge in [-0.3, -0.25) is 9.79 Å². The van der Waals surface area contributed by atoms with Crippen LogP contribution in [0.4, 0.5) is 18.9 Å². The summed E-state index contributed by atoms with van der Waals surface area (Å²) in [6, 6.07) is 1.33. The first kappa shape index (κ1) is 17.7. The first-order valence-electron chi connectivity index (χ1n) is 5.77. The third kappa shape index (κ3) is 4.32. The molecular weight excluding hydrogens is 325 g/mol. The molecule has 0 bridgehead atoms. The fourth-order valence-electron chi connectivity index (χ4n) is 1.29. The number of carbonyl (C=O) groups excluding carboxylic acids is 2. The van der Waals surface area contributed by atoms with E-state index in [1.54, 1.807) is 0 Å². The molecule has 1 rings (SSSR count). The van der Waals surface area contributed by atoms with E-state index in [2.05, 4.69) is 9.73 Å². The Kier molecular flexibility index (Phi) is 5.69. The van der Waals surface area contributed by atoms with Crippen molar-refractivity contribution in [1.29, 1.82) is 0 Å². The van der Waals surface area contributed by atoms with Crippen LogP contribution in [0.3, 0.4) is 0 Å². The number of aliphatic imine (C=N–C) groups is 1. The number of aliphatic hydroxyl groups is 1. The highest BCUT2D eigenvalue weighted by Gasteiger charge is 2.38. The van der Waals surface area contributed by atoms with Gasteiger partial charge in [0.05, 0.1) is 12.3 Å². The maximum atomic E-state index is 12.5. The van der Waals surface area contributed by atoms with Crippen LogP contribution in [-0.4, -0.2) is 36.0 Å². The quantitative estimate of drug-likeness (QED) is 0.373. The molecule has 0 aromatic carbocycles. The number of esters is 1. The fourth-order valence-corrected chi connectivity index (χ4v) is 1.99. The van der Waals surface area contributed by atoms with Gasteiger partial charge in [0.15, 0.2) is 0 Å². The van der Waals surface area contributed by atoms with Crippen molar-refractivity contribution in [2.24, 2.45) is 10.7 Å². The number of nitrogens with zero attached hydrogens (tertiary/aromatic N) is 1. The summed E-state index contributed by atoms with van der Waals surface area (Å²) in [6.45, 7) is 1.20. The monoisotopic (exact) mass is 336 g/mol. The lowest BCUT2D eigenvalue weighted by Crippen LogP contribution is -2.20. The topological polar surface area (TPSA) is 102 Å². The standard InChI is InChI=1S/C12H11F3N2O4S/c1-2-21-11(20)6(9(18)12(13,14)15)5-17-7-3-4-22-8(7)10(16)19/h3-5,18H,2H2,1H3,(H2,16,19)/b9-6+,17-5?. The highest BCUT2D eigenvalue weighted by atomic mass is 32.1. The molecule has 120 valence electrons. The molecular formula is C12H11F3N2O4S. The number of carbonyl (C=O) groups is 2. The number of hydrogen-bond donors (Lipinski definition) is 2. The Balaban J connectivity index is 3.25. The molecule has 3 N–H and O–H groups in total. The minimum absolute atomic E-state index is 0.00552. The average molecular weight is 336 g/mol. The van der Waals surface area contributed by atoms with Gasteiger partial charge in [-0.15, -0.1) is 11.3 Å². The zero-order chi connectivity index (χ0) is 16.9. The Morgan fingerprint density at radius 3 is 2.64 bits per heavy atom. The first-order chi connectivity index (χ1) is 10.2. The van der Waals surface area contributed by atoms with E-state index in [-0.39, 0.29) is 17.2 Å². The second-order valence-corrected chi connectivity index (χ2v) is 4.65. The number of hydrogen-bond acceptors (Lipinski definition) is 6. The van der Waals surface area contributed by atoms with Gasteiger partial charge < -0.3 is 15.6 Å². The van der Waals surface area contributed by atoms with Crippen LogP contribution in [0.1, 0.15) is 16.6 Å². The Bertz CT molecular complexity index is 635. The van der Waals surface area contributed by atoms with Crippen LogP contribution in [-0.2, 0) is 9.53 Å². The number of ether oxygens (including phenoxy) is 1. The van der Waals surface area contributed by atoms with Crippen molar-refractivity contribution in [2.45, 2.75) is 13.1 Å². The molecule has 1 aromatic rings. The number of alkyl halides is 3. The molecule has 0 aliphatic carbocycles. The van der Waals surface area contributed by atoms with Crippen LogP contribution in [0.5, 0.6) is 0 Å². The number of thiophene rings is 1. The van der Waals surface area contributed by atoms with E-state index >= 15 is 0 Å². The van der Waals surface area contributed by atoms with E-state index in [0.29, 0.717) is 6.21 Å². The number of nitrogens with two attached hydrogens (primary N) is 1. The summed E-state index contributed by atoms with van der Waals surface area (Å²) < 4.78 is 42.0. The summed E-state index contributed by atoms with van der Waals surface area (Å²) in [5.41, 5.74) is 3.88. The molecule has 22 heavy (non-hydrogen) atoms. The maximum Gasteiger partial charge on any atom is 0.449 e. The largest absolute Gasteiger partial charge is 0.504 e. The van der Waals surface area contributed by atoms with Gasteiger partial charge in [-0.1, -0.05) is 0 Å². The SMILES string of the molecule is CCOC(=O)/C(C=Nc1ccsc1C(N)=O)=C(/O)C(F)(F)F. The summed E-state index contributed by atoms with van der Waals surface area (Å²) in [4.78, 5) is 26.2. The van der Waals surface area contributed by atoms with Gasteiger partial charge in [0.1, 0.15) is 10.5 Å². The zero-order valence-electron chi connectivity index (χ0n) is 11.2. The van der Waals surface area contributed by atoms with Crippen molar-refractivity contribution in [1.82, 2.24) is 0 Å². The fraction of sp³-hybridized carbons (Fsp3) is 0.250. The van der Waals surface area contributed by atoms with E-state index in [0.717, 1.165) is 11.3 Å². The maximum absolute atomic E-state index is 12.5. The van der Waals surface area contributed by atoms with E-state index < -0.39 is 29.4 Å². The van der Waals surface area contributed by atoms with Gasteiger partial charge in [-0.05, 0) is 18.4 Å². The summed E-state index contributed by atoms with van der Waals surface area (Å²) in [7, 11) is 0. The minimum atomic E-state index is -5.14. The van der Waals surface area contributed by atoms with Gasteiger partial charge in [0, 0.05) is 6.21 Å². The van der Waals surface area contributed by atoms with Crippen LogP contribution >= 0.6 is 11.3 Å². The molecule has 1 aromatic heterocycles. The number of rotatable bonds is 5. The molecule has 0 aliphatic heterocycles. The van der Waals surface area contributed by atoms with Crippen molar-refractivity contribution < 1.29 is 32.6 Å². The van der Waals surface area contributed by atoms with Gasteiger partial charge in [-0.2, -0.15) is 13.2 Å². The van der Waals surface area contributed by atoms with Crippen LogP contribution in [0.15, 0.2) is 27.8 Å². The predicted molar refractivity (Wildman–Crippen MR) is 73.3 cm³/mol. The molecule has 0 spiro atoms. The van der Waals surface area contributed by atoms with Gasteiger partial charge >= 0.3 is 12.1 Å². The third-order valence-electron chi connectivity index (χ3n) is 2.22. The highest BCUT2D eigenvalue weighted by Crippen LogP contribution is 2.28. The average Bonchev–Trinajstić information content (AvgIpc) is 2.86. The molecule has 0 aliphatic rings. The number of halogens is 3. The van der Waals surface area contributed by atoms with E-state index in [9.17, 15) is 22.8 Å². The zero-order valence-corrected chi connectivity index (χ0v) is 12.0. The second kappa shape index (κ2) is 7.07. The van der Waals surface area contributed by atoms with Crippen molar-refractivity contribution in [3.63, 3.8) is 0 Å². The summed E-state index contributed by atoms with van der Waals surface area (Å²) in [5, 5.41) is 10.6. The highest BCUT2D eigenvalue weighted by molar-refractivity contribution is 7.12. The second-order valence-electron chi connectivity index (χ2n) is 3.74. The minimum Gasteiger partial charge on any atom is -0.504 e. The number of primary amides is 1. The Labute approximate surface area is 126 Å². The molecule has 0 radical (unpaired) electrons. The number of aliphatic hydroxyl groups excluding tert-OH is 1. The lowest BCUT2D eigenvalue weighted by Gasteiger charge is -2.09. The van der Waals surface area contributed by atoms with Gasteiger partial charge in [0.25, 0.3) is 5.91 Å². The molecule has 10 heteroatoms. The Morgan fingerprint density at radius 1 is 1.50 bits per heavy atom. The normalized spacial score (nSPS) is 13.1. The van der Waals surface area contributed by atoms with Crippen molar-refractivity contribution >= 4 is 35.1 Å². The molecule has 6 nitrogen and oxygen atoms in total. The van der Waals surface area contributed by atoms with Crippen molar-refractivity contribution in [2.75, 3.05) is 6.61 Å². The van der Waals surface area contributed by atoms with E-state index in [1.807, 2.05) is 0 Å². The Hall–Kier alpha value is -2.36. The number of amides is 1. The Morgan fingerprint density at radius 2 is 2.14 bits per heavy atom. The molecule has 1 heterocycles. The van der Waals surface area contributed by atoms with Gasteiger partial charge in [-0.25, -0.2) is 4.79 Å². The van der Waals surface area contributed by atoms with E-state index in [1.165, 1.54) is 18.4 Å². The lowest BCUT2D eigenvalue weighted by molar-refractivity contribution is -0.141.